The Morgan fingerprint density at radius 1 is 0.839 bits per heavy atom. The van der Waals surface area contributed by atoms with Crippen LogP contribution in [0.25, 0.3) is 0 Å². The fraction of sp³-hybridized carbons (Fsp3) is 0.423. The van der Waals surface area contributed by atoms with Crippen LogP contribution in [0.4, 0.5) is 0 Å². The van der Waals surface area contributed by atoms with E-state index in [0.29, 0.717) is 30.0 Å². The van der Waals surface area contributed by atoms with E-state index in [1.807, 2.05) is 35.2 Å². The van der Waals surface area contributed by atoms with Gasteiger partial charge < -0.3 is 4.90 Å². The van der Waals surface area contributed by atoms with Crippen LogP contribution in [0, 0.1) is 5.92 Å². The van der Waals surface area contributed by atoms with Gasteiger partial charge in [0.05, 0.1) is 11.1 Å². The van der Waals surface area contributed by atoms with Crippen LogP contribution in [0.5, 0.6) is 0 Å². The first kappa shape index (κ1) is 20.0. The molecule has 1 aliphatic carbocycles. The zero-order chi connectivity index (χ0) is 21.4. The Kier molecular flexibility index (Phi) is 5.34. The number of rotatable bonds is 4. The Morgan fingerprint density at radius 3 is 2.16 bits per heavy atom. The Balaban J connectivity index is 1.50. The molecule has 3 amide bonds. The molecule has 2 aromatic rings. The first-order valence-corrected chi connectivity index (χ1v) is 11.5. The molecule has 5 heteroatoms. The smallest absolute Gasteiger partial charge is 0.262 e. The summed E-state index contributed by atoms with van der Waals surface area (Å²) in [7, 11) is 0. The molecule has 31 heavy (non-hydrogen) atoms. The molecule has 0 N–H and O–H groups in total. The number of carbonyl (C=O) groups is 3. The summed E-state index contributed by atoms with van der Waals surface area (Å²) in [4.78, 5) is 43.7. The largest absolute Gasteiger partial charge is 0.338 e. The third-order valence-electron chi connectivity index (χ3n) is 7.22. The number of piperidine rings is 1. The van der Waals surface area contributed by atoms with Crippen molar-refractivity contribution in [2.75, 3.05) is 6.54 Å². The predicted octanol–water partition coefficient (Wildman–Crippen LogP) is 4.08. The summed E-state index contributed by atoms with van der Waals surface area (Å²) >= 11 is 0. The second kappa shape index (κ2) is 8.29. The van der Waals surface area contributed by atoms with Crippen LogP contribution in [0.1, 0.15) is 64.8 Å². The van der Waals surface area contributed by atoms with Gasteiger partial charge in [0.15, 0.2) is 0 Å². The Morgan fingerprint density at radius 2 is 1.45 bits per heavy atom. The van der Waals surface area contributed by atoms with Gasteiger partial charge in [0, 0.05) is 19.0 Å². The van der Waals surface area contributed by atoms with Crippen molar-refractivity contribution < 1.29 is 14.4 Å². The third kappa shape index (κ3) is 3.56. The Bertz CT molecular complexity index is 966. The van der Waals surface area contributed by atoms with Crippen LogP contribution in [0.15, 0.2) is 54.6 Å². The number of nitrogens with zero attached hydrogens (tertiary/aromatic N) is 2. The highest BCUT2D eigenvalue weighted by molar-refractivity contribution is 6.22. The van der Waals surface area contributed by atoms with Gasteiger partial charge in [-0.1, -0.05) is 55.3 Å². The molecule has 3 atom stereocenters. The van der Waals surface area contributed by atoms with E-state index in [1.165, 1.54) is 24.2 Å². The lowest BCUT2D eigenvalue weighted by Gasteiger charge is -2.45. The first-order valence-electron chi connectivity index (χ1n) is 11.5. The lowest BCUT2D eigenvalue weighted by atomic mass is 9.78. The van der Waals surface area contributed by atoms with Crippen LogP contribution < -0.4 is 0 Å². The number of hydrogen-bond acceptors (Lipinski definition) is 3. The maximum Gasteiger partial charge on any atom is 0.262 e. The Labute approximate surface area is 183 Å². The summed E-state index contributed by atoms with van der Waals surface area (Å²) in [5.41, 5.74) is 1.75. The van der Waals surface area contributed by atoms with Crippen LogP contribution in [0.3, 0.4) is 0 Å². The van der Waals surface area contributed by atoms with Crippen molar-refractivity contribution in [2.24, 2.45) is 5.92 Å². The van der Waals surface area contributed by atoms with Crippen molar-refractivity contribution in [3.05, 3.63) is 71.3 Å². The summed E-state index contributed by atoms with van der Waals surface area (Å²) in [5, 5.41) is 0. The van der Waals surface area contributed by atoms with Gasteiger partial charge >= 0.3 is 0 Å². The molecule has 5 nitrogen and oxygen atoms in total. The van der Waals surface area contributed by atoms with Gasteiger partial charge in [-0.05, 0) is 49.3 Å². The number of fused-ring (bicyclic) bond motifs is 2. The van der Waals surface area contributed by atoms with Gasteiger partial charge in [-0.3, -0.25) is 19.3 Å². The monoisotopic (exact) mass is 416 g/mol. The highest BCUT2D eigenvalue weighted by Crippen LogP contribution is 2.36. The van der Waals surface area contributed by atoms with Crippen molar-refractivity contribution in [3.8, 4) is 0 Å². The average Bonchev–Trinajstić information content (AvgIpc) is 3.07. The molecule has 0 bridgehead atoms. The molecule has 0 spiro atoms. The van der Waals surface area contributed by atoms with Crippen LogP contribution in [-0.2, 0) is 11.2 Å². The zero-order valence-electron chi connectivity index (χ0n) is 17.7. The molecule has 1 saturated heterocycles. The van der Waals surface area contributed by atoms with Gasteiger partial charge in [-0.25, -0.2) is 0 Å². The molecule has 2 heterocycles. The quantitative estimate of drug-likeness (QED) is 0.706. The topological polar surface area (TPSA) is 57.7 Å². The van der Waals surface area contributed by atoms with Crippen LogP contribution >= 0.6 is 0 Å². The van der Waals surface area contributed by atoms with Gasteiger partial charge in [0.1, 0.15) is 6.04 Å². The minimum absolute atomic E-state index is 0.0741. The molecule has 160 valence electrons. The van der Waals surface area contributed by atoms with E-state index in [0.717, 1.165) is 24.8 Å². The van der Waals surface area contributed by atoms with Crippen molar-refractivity contribution in [1.82, 2.24) is 9.80 Å². The fourth-order valence-corrected chi connectivity index (χ4v) is 5.71. The molecule has 0 unspecified atom stereocenters. The lowest BCUT2D eigenvalue weighted by molar-refractivity contribution is -0.141. The van der Waals surface area contributed by atoms with Crippen LogP contribution in [-0.4, -0.2) is 46.1 Å². The maximum absolute atomic E-state index is 14.0. The highest BCUT2D eigenvalue weighted by atomic mass is 16.2. The summed E-state index contributed by atoms with van der Waals surface area (Å²) < 4.78 is 0. The predicted molar refractivity (Wildman–Crippen MR) is 118 cm³/mol. The molecule has 0 aromatic heterocycles. The van der Waals surface area contributed by atoms with Gasteiger partial charge in [-0.2, -0.15) is 0 Å². The molecule has 2 aliphatic heterocycles. The third-order valence-corrected chi connectivity index (χ3v) is 7.22. The normalized spacial score (nSPS) is 24.0. The molecule has 2 fully saturated rings. The summed E-state index contributed by atoms with van der Waals surface area (Å²) in [5.74, 6) is -0.236. The van der Waals surface area contributed by atoms with E-state index in [9.17, 15) is 14.4 Å². The van der Waals surface area contributed by atoms with E-state index < -0.39 is 6.04 Å². The molecular formula is C26H28N2O3. The lowest BCUT2D eigenvalue weighted by Crippen LogP contribution is -2.58. The van der Waals surface area contributed by atoms with E-state index >= 15 is 0 Å². The zero-order valence-corrected chi connectivity index (χ0v) is 17.7. The van der Waals surface area contributed by atoms with E-state index in [-0.39, 0.29) is 23.8 Å². The second-order valence-corrected chi connectivity index (χ2v) is 9.02. The minimum atomic E-state index is -0.810. The van der Waals surface area contributed by atoms with Crippen molar-refractivity contribution in [3.63, 3.8) is 0 Å². The number of amides is 3. The number of hydrogen-bond donors (Lipinski definition) is 0. The van der Waals surface area contributed by atoms with Gasteiger partial charge in [0.2, 0.25) is 5.91 Å². The number of benzene rings is 2. The number of imide groups is 1. The maximum atomic E-state index is 14.0. The Hall–Kier alpha value is -2.95. The SMILES string of the molecule is O=C([C@@H](Cc1ccccc1)N1C(=O)c2ccccc2C1=O)N1CCC[C@@H]2CCCC[C@H]21. The average molecular weight is 417 g/mol. The second-order valence-electron chi connectivity index (χ2n) is 9.02. The minimum Gasteiger partial charge on any atom is -0.338 e. The molecular weight excluding hydrogens is 388 g/mol. The van der Waals surface area contributed by atoms with Gasteiger partial charge in [-0.15, -0.1) is 0 Å². The van der Waals surface area contributed by atoms with E-state index in [1.54, 1.807) is 24.3 Å². The van der Waals surface area contributed by atoms with E-state index in [2.05, 4.69) is 0 Å². The molecule has 3 aliphatic rings. The number of carbonyl (C=O) groups excluding carboxylic acids is 3. The summed E-state index contributed by atoms with van der Waals surface area (Å²) in [6.45, 7) is 0.717. The molecule has 1 saturated carbocycles. The number of likely N-dealkylation sites (tertiary alicyclic amines) is 1. The first-order chi connectivity index (χ1) is 15.1. The van der Waals surface area contributed by atoms with Crippen molar-refractivity contribution >= 4 is 17.7 Å². The molecule has 0 radical (unpaired) electrons. The van der Waals surface area contributed by atoms with Crippen molar-refractivity contribution in [2.45, 2.75) is 57.0 Å². The standard InChI is InChI=1S/C26H28N2O3/c29-24-20-13-5-6-14-21(20)25(30)28(24)23(17-18-9-2-1-3-10-18)26(31)27-16-8-12-19-11-4-7-15-22(19)27/h1-3,5-6,9-10,13-14,19,22-23H,4,7-8,11-12,15-17H2/t19-,22+,23+/m0/s1. The van der Waals surface area contributed by atoms with Crippen LogP contribution in [0.2, 0.25) is 0 Å². The summed E-state index contributed by atoms with van der Waals surface area (Å²) in [6.07, 6.45) is 7.08. The van der Waals surface area contributed by atoms with E-state index in [4.69, 9.17) is 0 Å². The summed E-state index contributed by atoms with van der Waals surface area (Å²) in [6, 6.07) is 16.0. The highest BCUT2D eigenvalue weighted by Gasteiger charge is 2.46. The van der Waals surface area contributed by atoms with Crippen molar-refractivity contribution in [1.29, 1.82) is 0 Å². The van der Waals surface area contributed by atoms with Gasteiger partial charge in [0.25, 0.3) is 11.8 Å². The molecule has 5 rings (SSSR count). The molecule has 2 aromatic carbocycles. The fourth-order valence-electron chi connectivity index (χ4n) is 5.71.